The Bertz CT molecular complexity index is 647. The van der Waals surface area contributed by atoms with Gasteiger partial charge >= 0.3 is 6.09 Å². The van der Waals surface area contributed by atoms with Crippen molar-refractivity contribution in [1.82, 2.24) is 0 Å². The third-order valence-electron chi connectivity index (χ3n) is 2.90. The fraction of sp³-hybridized carbons (Fsp3) is 0.188. The van der Waals surface area contributed by atoms with Crippen LogP contribution in [0.25, 0.3) is 0 Å². The van der Waals surface area contributed by atoms with Crippen LogP contribution >= 0.6 is 35.0 Å². The molecule has 0 aliphatic rings. The van der Waals surface area contributed by atoms with Gasteiger partial charge < -0.3 is 4.74 Å². The van der Waals surface area contributed by atoms with E-state index < -0.39 is 6.09 Å². The molecule has 2 aromatic rings. The Morgan fingerprint density at radius 1 is 1.18 bits per heavy atom. The van der Waals surface area contributed by atoms with Gasteiger partial charge in [0.2, 0.25) is 0 Å². The number of amides is 1. The number of thioether (sulfide) groups is 1. The van der Waals surface area contributed by atoms with Crippen LogP contribution in [0.5, 0.6) is 0 Å². The lowest BCUT2D eigenvalue weighted by Crippen LogP contribution is -2.16. The largest absolute Gasteiger partial charge is 0.448 e. The molecule has 0 saturated heterocycles. The van der Waals surface area contributed by atoms with Gasteiger partial charge in [-0.25, -0.2) is 4.79 Å². The van der Waals surface area contributed by atoms with E-state index in [1.165, 1.54) is 0 Å². The summed E-state index contributed by atoms with van der Waals surface area (Å²) in [6, 6.07) is 12.9. The van der Waals surface area contributed by atoms with E-state index in [4.69, 9.17) is 27.9 Å². The van der Waals surface area contributed by atoms with E-state index in [2.05, 4.69) is 5.32 Å². The van der Waals surface area contributed by atoms with Crippen molar-refractivity contribution in [2.75, 3.05) is 17.7 Å². The Morgan fingerprint density at radius 3 is 2.64 bits per heavy atom. The van der Waals surface area contributed by atoms with Gasteiger partial charge in [-0.15, -0.1) is 11.8 Å². The molecule has 6 heteroatoms. The number of ether oxygens (including phenoxy) is 1. The van der Waals surface area contributed by atoms with Crippen molar-refractivity contribution in [3.8, 4) is 0 Å². The summed E-state index contributed by atoms with van der Waals surface area (Å²) < 4.78 is 5.15. The molecule has 0 saturated carbocycles. The maximum atomic E-state index is 11.7. The second-order valence-electron chi connectivity index (χ2n) is 4.48. The van der Waals surface area contributed by atoms with Gasteiger partial charge in [-0.1, -0.05) is 29.3 Å². The summed E-state index contributed by atoms with van der Waals surface area (Å²) in [4.78, 5) is 12.8. The van der Waals surface area contributed by atoms with Gasteiger partial charge in [-0.05, 0) is 48.9 Å². The number of hydrogen-bond acceptors (Lipinski definition) is 3. The minimum Gasteiger partial charge on any atom is -0.448 e. The van der Waals surface area contributed by atoms with E-state index in [1.807, 2.05) is 31.2 Å². The van der Waals surface area contributed by atoms with Crippen molar-refractivity contribution in [2.24, 2.45) is 0 Å². The number of benzene rings is 2. The molecule has 116 valence electrons. The highest BCUT2D eigenvalue weighted by Crippen LogP contribution is 2.23. The highest BCUT2D eigenvalue weighted by atomic mass is 35.5. The number of hydrogen-bond donors (Lipinski definition) is 1. The molecule has 0 heterocycles. The van der Waals surface area contributed by atoms with E-state index in [0.717, 1.165) is 10.5 Å². The van der Waals surface area contributed by atoms with E-state index in [1.54, 1.807) is 30.0 Å². The van der Waals surface area contributed by atoms with Crippen molar-refractivity contribution >= 4 is 46.7 Å². The summed E-state index contributed by atoms with van der Waals surface area (Å²) in [5.41, 5.74) is 1.47. The number of carbonyl (C=O) groups excluding carboxylic acids is 1. The molecule has 0 atom stereocenters. The quantitative estimate of drug-likeness (QED) is 0.556. The molecule has 0 unspecified atom stereocenters. The third kappa shape index (κ3) is 5.13. The molecular weight excluding hydrogens is 341 g/mol. The van der Waals surface area contributed by atoms with Gasteiger partial charge in [-0.2, -0.15) is 0 Å². The molecule has 0 bridgehead atoms. The fourth-order valence-corrected chi connectivity index (χ4v) is 2.75. The molecule has 1 amide bonds. The Balaban J connectivity index is 1.74. The molecule has 0 aliphatic heterocycles. The molecule has 22 heavy (non-hydrogen) atoms. The number of rotatable bonds is 5. The average molecular weight is 356 g/mol. The summed E-state index contributed by atoms with van der Waals surface area (Å²) in [7, 11) is 0. The predicted molar refractivity (Wildman–Crippen MR) is 93.3 cm³/mol. The monoisotopic (exact) mass is 355 g/mol. The topological polar surface area (TPSA) is 38.3 Å². The smallest absolute Gasteiger partial charge is 0.411 e. The van der Waals surface area contributed by atoms with Gasteiger partial charge in [0.15, 0.2) is 0 Å². The van der Waals surface area contributed by atoms with Crippen molar-refractivity contribution in [3.05, 3.63) is 58.1 Å². The minimum atomic E-state index is -0.484. The van der Waals surface area contributed by atoms with E-state index in [-0.39, 0.29) is 0 Å². The molecule has 0 aliphatic carbocycles. The van der Waals surface area contributed by atoms with E-state index >= 15 is 0 Å². The molecule has 0 fully saturated rings. The van der Waals surface area contributed by atoms with Crippen molar-refractivity contribution in [3.63, 3.8) is 0 Å². The third-order valence-corrected chi connectivity index (χ3v) is 4.54. The summed E-state index contributed by atoms with van der Waals surface area (Å²) in [5, 5.41) is 4.00. The van der Waals surface area contributed by atoms with Gasteiger partial charge in [0, 0.05) is 26.4 Å². The molecule has 3 nitrogen and oxygen atoms in total. The Morgan fingerprint density at radius 2 is 1.91 bits per heavy atom. The van der Waals surface area contributed by atoms with Crippen molar-refractivity contribution in [2.45, 2.75) is 11.8 Å². The maximum Gasteiger partial charge on any atom is 0.411 e. The van der Waals surface area contributed by atoms with E-state index in [9.17, 15) is 4.79 Å². The van der Waals surface area contributed by atoms with Crippen LogP contribution in [-0.2, 0) is 4.74 Å². The van der Waals surface area contributed by atoms with Crippen LogP contribution in [0, 0.1) is 6.92 Å². The normalized spacial score (nSPS) is 10.3. The lowest BCUT2D eigenvalue weighted by Gasteiger charge is -2.10. The molecule has 0 radical (unpaired) electrons. The standard InChI is InChI=1S/C16H15Cl2NO2S/c1-11-14(18)3-2-4-15(11)19-16(20)21-9-10-22-13-7-5-12(17)6-8-13/h2-8H,9-10H2,1H3,(H,19,20). The first-order chi connectivity index (χ1) is 10.6. The first kappa shape index (κ1) is 17.0. The average Bonchev–Trinajstić information content (AvgIpc) is 2.50. The van der Waals surface area contributed by atoms with Crippen LogP contribution in [0.1, 0.15) is 5.56 Å². The SMILES string of the molecule is Cc1c(Cl)cccc1NC(=O)OCCSc1ccc(Cl)cc1. The van der Waals surface area contributed by atoms with E-state index in [0.29, 0.717) is 28.1 Å². The molecular formula is C16H15Cl2NO2S. The zero-order valence-corrected chi connectivity index (χ0v) is 14.3. The second-order valence-corrected chi connectivity index (χ2v) is 6.49. The lowest BCUT2D eigenvalue weighted by atomic mass is 10.2. The van der Waals surface area contributed by atoms with Gasteiger partial charge in [0.1, 0.15) is 6.61 Å². The second kappa shape index (κ2) is 8.32. The Hall–Kier alpha value is -1.36. The number of nitrogens with one attached hydrogen (secondary N) is 1. The summed E-state index contributed by atoms with van der Waals surface area (Å²) in [6.07, 6.45) is -0.484. The van der Waals surface area contributed by atoms with Crippen LogP contribution in [0.4, 0.5) is 10.5 Å². The predicted octanol–water partition coefficient (Wildman–Crippen LogP) is 5.64. The zero-order chi connectivity index (χ0) is 15.9. The molecule has 2 rings (SSSR count). The van der Waals surface area contributed by atoms with Crippen molar-refractivity contribution in [1.29, 1.82) is 0 Å². The first-order valence-corrected chi connectivity index (χ1v) is 8.37. The van der Waals surface area contributed by atoms with Gasteiger partial charge in [0.05, 0.1) is 0 Å². The van der Waals surface area contributed by atoms with Crippen LogP contribution in [0.15, 0.2) is 47.4 Å². The maximum absolute atomic E-state index is 11.7. The lowest BCUT2D eigenvalue weighted by molar-refractivity contribution is 0.169. The fourth-order valence-electron chi connectivity index (χ4n) is 1.71. The molecule has 0 spiro atoms. The first-order valence-electron chi connectivity index (χ1n) is 6.63. The van der Waals surface area contributed by atoms with Crippen LogP contribution in [-0.4, -0.2) is 18.5 Å². The summed E-state index contributed by atoms with van der Waals surface area (Å²) >= 11 is 13.4. The summed E-state index contributed by atoms with van der Waals surface area (Å²) in [6.45, 7) is 2.16. The highest BCUT2D eigenvalue weighted by molar-refractivity contribution is 7.99. The Labute approximate surface area is 144 Å². The minimum absolute atomic E-state index is 0.318. The van der Waals surface area contributed by atoms with Crippen LogP contribution in [0.3, 0.4) is 0 Å². The molecule has 1 N–H and O–H groups in total. The zero-order valence-electron chi connectivity index (χ0n) is 11.9. The molecule has 0 aromatic heterocycles. The van der Waals surface area contributed by atoms with Crippen molar-refractivity contribution < 1.29 is 9.53 Å². The van der Waals surface area contributed by atoms with Crippen LogP contribution < -0.4 is 5.32 Å². The molecule has 2 aromatic carbocycles. The highest BCUT2D eigenvalue weighted by Gasteiger charge is 2.07. The summed E-state index contributed by atoms with van der Waals surface area (Å²) in [5.74, 6) is 0.670. The number of carbonyl (C=O) groups is 1. The Kier molecular flexibility index (Phi) is 6.43. The van der Waals surface area contributed by atoms with Gasteiger partial charge in [0.25, 0.3) is 0 Å². The number of halogens is 2. The van der Waals surface area contributed by atoms with Gasteiger partial charge in [-0.3, -0.25) is 5.32 Å². The van der Waals surface area contributed by atoms with Crippen LogP contribution in [0.2, 0.25) is 10.0 Å². The number of anilines is 1.